The predicted octanol–water partition coefficient (Wildman–Crippen LogP) is 3.32. The lowest BCUT2D eigenvalue weighted by Gasteiger charge is -2.22. The van der Waals surface area contributed by atoms with Gasteiger partial charge in [-0.1, -0.05) is 11.6 Å². The summed E-state index contributed by atoms with van der Waals surface area (Å²) in [6.45, 7) is 5.23. The van der Waals surface area contributed by atoms with Crippen LogP contribution in [0.15, 0.2) is 6.07 Å². The molecule has 5 heteroatoms. The minimum Gasteiger partial charge on any atom is -0.493 e. The molecule has 0 aliphatic carbocycles. The van der Waals surface area contributed by atoms with E-state index in [1.807, 2.05) is 6.92 Å². The molecular formula is C14H19ClO4. The minimum absolute atomic E-state index is 0.369. The lowest BCUT2D eigenvalue weighted by molar-refractivity contribution is -0.146. The number of ether oxygens (including phenoxy) is 2. The second-order valence-electron chi connectivity index (χ2n) is 5.07. The average molecular weight is 287 g/mol. The van der Waals surface area contributed by atoms with Gasteiger partial charge in [0.1, 0.15) is 0 Å². The fourth-order valence-electron chi connectivity index (χ4n) is 1.92. The van der Waals surface area contributed by atoms with E-state index in [2.05, 4.69) is 0 Å². The van der Waals surface area contributed by atoms with E-state index < -0.39 is 11.4 Å². The van der Waals surface area contributed by atoms with E-state index in [1.54, 1.807) is 19.9 Å². The first-order valence-electron chi connectivity index (χ1n) is 5.88. The Morgan fingerprint density at radius 2 is 1.84 bits per heavy atom. The molecule has 0 spiro atoms. The highest BCUT2D eigenvalue weighted by Crippen LogP contribution is 2.41. The van der Waals surface area contributed by atoms with Crippen molar-refractivity contribution in [2.75, 3.05) is 14.2 Å². The van der Waals surface area contributed by atoms with Crippen molar-refractivity contribution in [2.24, 2.45) is 5.41 Å². The summed E-state index contributed by atoms with van der Waals surface area (Å²) in [7, 11) is 3.05. The van der Waals surface area contributed by atoms with Gasteiger partial charge in [0.15, 0.2) is 11.5 Å². The normalized spacial score (nSPS) is 11.3. The van der Waals surface area contributed by atoms with Gasteiger partial charge >= 0.3 is 5.97 Å². The molecule has 1 rings (SSSR count). The highest BCUT2D eigenvalue weighted by atomic mass is 35.5. The number of hydrogen-bond acceptors (Lipinski definition) is 3. The van der Waals surface area contributed by atoms with E-state index in [1.165, 1.54) is 14.2 Å². The number of aliphatic carboxylic acids is 1. The van der Waals surface area contributed by atoms with Gasteiger partial charge in [0, 0.05) is 0 Å². The van der Waals surface area contributed by atoms with Crippen LogP contribution >= 0.6 is 11.6 Å². The summed E-state index contributed by atoms with van der Waals surface area (Å²) in [5, 5.41) is 9.62. The van der Waals surface area contributed by atoms with Gasteiger partial charge in [0.05, 0.1) is 24.7 Å². The van der Waals surface area contributed by atoms with Crippen molar-refractivity contribution in [2.45, 2.75) is 27.2 Å². The molecule has 19 heavy (non-hydrogen) atoms. The molecule has 0 aromatic heterocycles. The maximum atomic E-state index is 11.2. The Hall–Kier alpha value is -1.42. The molecule has 0 aliphatic heterocycles. The monoisotopic (exact) mass is 286 g/mol. The number of rotatable bonds is 5. The maximum absolute atomic E-state index is 11.2. The van der Waals surface area contributed by atoms with Crippen LogP contribution in [-0.2, 0) is 11.2 Å². The number of hydrogen-bond donors (Lipinski definition) is 1. The first kappa shape index (κ1) is 15.6. The molecule has 0 radical (unpaired) electrons. The Balaban J connectivity index is 3.31. The van der Waals surface area contributed by atoms with Crippen LogP contribution < -0.4 is 9.47 Å². The SMILES string of the molecule is COc1c(Cl)cc(CC(C)(C)C(=O)O)c(C)c1OC. The molecule has 106 valence electrons. The van der Waals surface area contributed by atoms with E-state index in [0.29, 0.717) is 22.9 Å². The zero-order chi connectivity index (χ0) is 14.8. The van der Waals surface area contributed by atoms with Crippen LogP contribution in [0.1, 0.15) is 25.0 Å². The number of halogens is 1. The van der Waals surface area contributed by atoms with Crippen molar-refractivity contribution >= 4 is 17.6 Å². The fraction of sp³-hybridized carbons (Fsp3) is 0.500. The van der Waals surface area contributed by atoms with Gasteiger partial charge in [0.25, 0.3) is 0 Å². The van der Waals surface area contributed by atoms with Crippen LogP contribution in [0.25, 0.3) is 0 Å². The van der Waals surface area contributed by atoms with Crippen molar-refractivity contribution in [1.29, 1.82) is 0 Å². The quantitative estimate of drug-likeness (QED) is 0.902. The van der Waals surface area contributed by atoms with Crippen molar-refractivity contribution in [3.05, 3.63) is 22.2 Å². The second-order valence-corrected chi connectivity index (χ2v) is 5.48. The predicted molar refractivity (Wildman–Crippen MR) is 74.4 cm³/mol. The van der Waals surface area contributed by atoms with Gasteiger partial charge in [0.2, 0.25) is 0 Å². The topological polar surface area (TPSA) is 55.8 Å². The zero-order valence-corrected chi connectivity index (χ0v) is 12.6. The Bertz CT molecular complexity index is 495. The van der Waals surface area contributed by atoms with Gasteiger partial charge in [-0.25, -0.2) is 0 Å². The highest BCUT2D eigenvalue weighted by Gasteiger charge is 2.29. The van der Waals surface area contributed by atoms with Gasteiger partial charge in [-0.05, 0) is 44.4 Å². The summed E-state index contributed by atoms with van der Waals surface area (Å²) in [6, 6.07) is 1.74. The van der Waals surface area contributed by atoms with Crippen LogP contribution in [0.4, 0.5) is 0 Å². The van der Waals surface area contributed by atoms with Crippen LogP contribution in [0, 0.1) is 12.3 Å². The summed E-state index contributed by atoms with van der Waals surface area (Å²) in [5.41, 5.74) is 0.821. The number of carboxylic acids is 1. The second kappa shape index (κ2) is 5.70. The summed E-state index contributed by atoms with van der Waals surface area (Å²) in [5.74, 6) is 0.169. The number of methoxy groups -OCH3 is 2. The Kier molecular flexibility index (Phi) is 4.69. The third-order valence-electron chi connectivity index (χ3n) is 3.17. The van der Waals surface area contributed by atoms with Crippen LogP contribution in [0.2, 0.25) is 5.02 Å². The van der Waals surface area contributed by atoms with Gasteiger partial charge in [-0.2, -0.15) is 0 Å². The van der Waals surface area contributed by atoms with Crippen molar-refractivity contribution in [3.63, 3.8) is 0 Å². The first-order valence-corrected chi connectivity index (χ1v) is 6.25. The molecule has 0 aliphatic rings. The molecule has 0 bridgehead atoms. The average Bonchev–Trinajstić information content (AvgIpc) is 2.32. The van der Waals surface area contributed by atoms with Crippen molar-refractivity contribution in [1.82, 2.24) is 0 Å². The van der Waals surface area contributed by atoms with E-state index in [0.717, 1.165) is 11.1 Å². The number of carboxylic acid groups (broad SMARTS) is 1. The van der Waals surface area contributed by atoms with Crippen molar-refractivity contribution < 1.29 is 19.4 Å². The summed E-state index contributed by atoms with van der Waals surface area (Å²) in [6.07, 6.45) is 0.369. The molecule has 0 saturated carbocycles. The summed E-state index contributed by atoms with van der Waals surface area (Å²) >= 11 is 6.14. The molecule has 0 amide bonds. The molecule has 1 N–H and O–H groups in total. The van der Waals surface area contributed by atoms with Crippen LogP contribution in [-0.4, -0.2) is 25.3 Å². The smallest absolute Gasteiger partial charge is 0.309 e. The standard InChI is InChI=1S/C14H19ClO4/c1-8-9(7-14(2,3)13(16)17)6-10(15)12(19-5)11(8)18-4/h6H,7H2,1-5H3,(H,16,17). The molecular weight excluding hydrogens is 268 g/mol. The van der Waals surface area contributed by atoms with Crippen molar-refractivity contribution in [3.8, 4) is 11.5 Å². The van der Waals surface area contributed by atoms with Crippen LogP contribution in [0.3, 0.4) is 0 Å². The lowest BCUT2D eigenvalue weighted by atomic mass is 9.84. The van der Waals surface area contributed by atoms with Gasteiger partial charge in [-0.3, -0.25) is 4.79 Å². The molecule has 0 atom stereocenters. The summed E-state index contributed by atoms with van der Waals surface area (Å²) < 4.78 is 10.5. The Labute approximate surface area is 118 Å². The Morgan fingerprint density at radius 1 is 1.32 bits per heavy atom. The zero-order valence-electron chi connectivity index (χ0n) is 11.8. The van der Waals surface area contributed by atoms with Crippen LogP contribution in [0.5, 0.6) is 11.5 Å². The minimum atomic E-state index is -0.867. The first-order chi connectivity index (χ1) is 8.74. The number of carbonyl (C=O) groups is 1. The van der Waals surface area contributed by atoms with E-state index in [-0.39, 0.29) is 0 Å². The van der Waals surface area contributed by atoms with Gasteiger partial charge in [-0.15, -0.1) is 0 Å². The highest BCUT2D eigenvalue weighted by molar-refractivity contribution is 6.32. The lowest BCUT2D eigenvalue weighted by Crippen LogP contribution is -2.26. The number of benzene rings is 1. The fourth-order valence-corrected chi connectivity index (χ4v) is 2.22. The third-order valence-corrected chi connectivity index (χ3v) is 3.45. The Morgan fingerprint density at radius 3 is 2.26 bits per heavy atom. The molecule has 0 heterocycles. The van der Waals surface area contributed by atoms with Gasteiger partial charge < -0.3 is 14.6 Å². The molecule has 4 nitrogen and oxygen atoms in total. The third kappa shape index (κ3) is 3.13. The van der Waals surface area contributed by atoms with E-state index >= 15 is 0 Å². The molecule has 0 unspecified atom stereocenters. The molecule has 1 aromatic carbocycles. The molecule has 0 saturated heterocycles. The molecule has 0 fully saturated rings. The van der Waals surface area contributed by atoms with E-state index in [9.17, 15) is 9.90 Å². The maximum Gasteiger partial charge on any atom is 0.309 e. The largest absolute Gasteiger partial charge is 0.493 e. The summed E-state index contributed by atoms with van der Waals surface area (Å²) in [4.78, 5) is 11.2. The molecule has 1 aromatic rings. The van der Waals surface area contributed by atoms with E-state index in [4.69, 9.17) is 21.1 Å².